The third kappa shape index (κ3) is 6.93. The van der Waals surface area contributed by atoms with E-state index in [9.17, 15) is 18.0 Å². The van der Waals surface area contributed by atoms with Gasteiger partial charge in [0, 0.05) is 29.7 Å². The lowest BCUT2D eigenvalue weighted by molar-refractivity contribution is -0.140. The molecule has 10 heteroatoms. The predicted molar refractivity (Wildman–Crippen MR) is 126 cm³/mol. The molecule has 0 saturated heterocycles. The molecule has 1 N–H and O–H groups in total. The third-order valence-electron chi connectivity index (χ3n) is 4.74. The highest BCUT2D eigenvalue weighted by molar-refractivity contribution is 7.89. The number of amides is 2. The molecule has 0 heterocycles. The lowest BCUT2D eigenvalue weighted by Gasteiger charge is -2.30. The summed E-state index contributed by atoms with van der Waals surface area (Å²) >= 11 is 11.8. The van der Waals surface area contributed by atoms with Crippen LogP contribution in [0.1, 0.15) is 26.3 Å². The van der Waals surface area contributed by atoms with Crippen molar-refractivity contribution in [1.82, 2.24) is 14.5 Å². The molecule has 0 aliphatic heterocycles. The first-order chi connectivity index (χ1) is 14.9. The molecule has 0 saturated carbocycles. The number of carbonyl (C=O) groups is 2. The van der Waals surface area contributed by atoms with Gasteiger partial charge in [0.2, 0.25) is 21.8 Å². The quantitative estimate of drug-likeness (QED) is 0.571. The number of carbonyl (C=O) groups excluding carboxylic acids is 2. The van der Waals surface area contributed by atoms with Crippen LogP contribution in [0.5, 0.6) is 0 Å². The number of rotatable bonds is 9. The summed E-state index contributed by atoms with van der Waals surface area (Å²) in [6, 6.07) is 11.7. The van der Waals surface area contributed by atoms with E-state index in [1.807, 2.05) is 13.8 Å². The number of nitrogens with one attached hydrogen (secondary N) is 1. The van der Waals surface area contributed by atoms with Gasteiger partial charge in [0.1, 0.15) is 6.04 Å². The van der Waals surface area contributed by atoms with E-state index in [1.165, 1.54) is 36.2 Å². The smallest absolute Gasteiger partial charge is 0.243 e. The Bertz CT molecular complexity index is 1040. The molecule has 0 aliphatic carbocycles. The number of hydrogen-bond acceptors (Lipinski definition) is 4. The van der Waals surface area contributed by atoms with E-state index in [2.05, 4.69) is 5.32 Å². The number of benzene rings is 2. The second-order valence-electron chi connectivity index (χ2n) is 7.70. The minimum atomic E-state index is -3.92. The average Bonchev–Trinajstić information content (AvgIpc) is 2.72. The molecule has 1 atom stereocenters. The summed E-state index contributed by atoms with van der Waals surface area (Å²) in [5.74, 6) is -0.836. The van der Waals surface area contributed by atoms with E-state index >= 15 is 0 Å². The monoisotopic (exact) mass is 499 g/mol. The number of sulfonamides is 1. The Morgan fingerprint density at radius 1 is 0.938 bits per heavy atom. The molecule has 0 aliphatic rings. The first-order valence-electron chi connectivity index (χ1n) is 9.98. The molecule has 2 aromatic rings. The van der Waals surface area contributed by atoms with Gasteiger partial charge >= 0.3 is 0 Å². The number of hydrogen-bond donors (Lipinski definition) is 1. The first kappa shape index (κ1) is 26.1. The van der Waals surface area contributed by atoms with E-state index in [4.69, 9.17) is 23.2 Å². The van der Waals surface area contributed by atoms with E-state index < -0.39 is 28.5 Å². The minimum Gasteiger partial charge on any atom is -0.352 e. The van der Waals surface area contributed by atoms with Crippen molar-refractivity contribution < 1.29 is 18.0 Å². The Hall–Kier alpha value is -2.13. The lowest BCUT2D eigenvalue weighted by atomic mass is 10.1. The Balaban J connectivity index is 2.26. The summed E-state index contributed by atoms with van der Waals surface area (Å²) in [4.78, 5) is 27.2. The zero-order chi connectivity index (χ0) is 24.1. The van der Waals surface area contributed by atoms with E-state index in [0.717, 1.165) is 9.87 Å². The number of nitrogens with zero attached hydrogens (tertiary/aromatic N) is 2. The van der Waals surface area contributed by atoms with Crippen molar-refractivity contribution in [2.75, 3.05) is 13.6 Å². The fourth-order valence-electron chi connectivity index (χ4n) is 2.93. The maximum Gasteiger partial charge on any atom is 0.243 e. The summed E-state index contributed by atoms with van der Waals surface area (Å²) in [6.07, 6.45) is 0. The van der Waals surface area contributed by atoms with Crippen LogP contribution in [-0.2, 0) is 26.2 Å². The molecule has 0 bridgehead atoms. The summed E-state index contributed by atoms with van der Waals surface area (Å²) in [7, 11) is -2.60. The van der Waals surface area contributed by atoms with Gasteiger partial charge in [-0.2, -0.15) is 4.31 Å². The van der Waals surface area contributed by atoms with Crippen molar-refractivity contribution in [3.05, 3.63) is 64.1 Å². The van der Waals surface area contributed by atoms with Gasteiger partial charge in [-0.1, -0.05) is 35.3 Å². The van der Waals surface area contributed by atoms with Crippen LogP contribution < -0.4 is 5.32 Å². The van der Waals surface area contributed by atoms with Crippen molar-refractivity contribution in [2.24, 2.45) is 0 Å². The average molecular weight is 500 g/mol. The minimum absolute atomic E-state index is 0.0204. The Morgan fingerprint density at radius 2 is 1.44 bits per heavy atom. The van der Waals surface area contributed by atoms with Crippen LogP contribution in [-0.4, -0.2) is 55.1 Å². The highest BCUT2D eigenvalue weighted by atomic mass is 35.5. The Morgan fingerprint density at radius 3 is 1.94 bits per heavy atom. The molecule has 0 unspecified atom stereocenters. The van der Waals surface area contributed by atoms with Crippen molar-refractivity contribution in [3.8, 4) is 0 Å². The second-order valence-corrected chi connectivity index (χ2v) is 10.6. The molecular weight excluding hydrogens is 473 g/mol. The summed E-state index contributed by atoms with van der Waals surface area (Å²) in [5, 5.41) is 3.74. The van der Waals surface area contributed by atoms with Crippen molar-refractivity contribution in [3.63, 3.8) is 0 Å². The number of likely N-dealkylation sites (N-methyl/N-ethyl adjacent to an activating group) is 1. The summed E-state index contributed by atoms with van der Waals surface area (Å²) < 4.78 is 26.7. The van der Waals surface area contributed by atoms with E-state index in [1.54, 1.807) is 31.2 Å². The molecule has 7 nitrogen and oxygen atoms in total. The maximum atomic E-state index is 13.2. The van der Waals surface area contributed by atoms with Crippen LogP contribution in [0, 0.1) is 0 Å². The topological polar surface area (TPSA) is 86.8 Å². The van der Waals surface area contributed by atoms with Crippen LogP contribution in [0.2, 0.25) is 10.0 Å². The van der Waals surface area contributed by atoms with Crippen molar-refractivity contribution in [1.29, 1.82) is 0 Å². The van der Waals surface area contributed by atoms with Gasteiger partial charge in [-0.25, -0.2) is 8.42 Å². The maximum absolute atomic E-state index is 13.2. The van der Waals surface area contributed by atoms with Crippen LogP contribution in [0.4, 0.5) is 0 Å². The zero-order valence-corrected chi connectivity index (χ0v) is 20.7. The van der Waals surface area contributed by atoms with Gasteiger partial charge in [0.25, 0.3) is 0 Å². The standard InChI is InChI=1S/C22H27Cl2N3O4S/c1-15(2)25-22(29)16(3)27(13-17-5-7-18(23)8-6-17)21(28)14-26(4)32(30,31)20-11-9-19(24)10-12-20/h5-12,15-16H,13-14H2,1-4H3,(H,25,29)/t16-/m1/s1. The van der Waals surface area contributed by atoms with Crippen molar-refractivity contribution in [2.45, 2.75) is 44.3 Å². The molecule has 32 heavy (non-hydrogen) atoms. The summed E-state index contributed by atoms with van der Waals surface area (Å²) in [5.41, 5.74) is 0.759. The molecule has 0 fully saturated rings. The molecule has 0 spiro atoms. The lowest BCUT2D eigenvalue weighted by Crippen LogP contribution is -2.51. The summed E-state index contributed by atoms with van der Waals surface area (Å²) in [6.45, 7) is 4.94. The molecule has 174 valence electrons. The van der Waals surface area contributed by atoms with Crippen molar-refractivity contribution >= 4 is 45.0 Å². The normalized spacial score (nSPS) is 12.6. The molecule has 0 aromatic heterocycles. The molecule has 2 amide bonds. The van der Waals surface area contributed by atoms with Crippen LogP contribution in [0.25, 0.3) is 0 Å². The van der Waals surface area contributed by atoms with Gasteiger partial charge in [-0.15, -0.1) is 0 Å². The van der Waals surface area contributed by atoms with E-state index in [0.29, 0.717) is 10.0 Å². The molecule has 2 rings (SSSR count). The number of halogens is 2. The van der Waals surface area contributed by atoms with E-state index in [-0.39, 0.29) is 23.4 Å². The SMILES string of the molecule is CC(C)NC(=O)[C@@H](C)N(Cc1ccc(Cl)cc1)C(=O)CN(C)S(=O)(=O)c1ccc(Cl)cc1. The third-order valence-corrected chi connectivity index (χ3v) is 7.07. The van der Waals surface area contributed by atoms with Crippen LogP contribution >= 0.6 is 23.2 Å². The Kier molecular flexibility index (Phi) is 9.09. The fraction of sp³-hybridized carbons (Fsp3) is 0.364. The zero-order valence-electron chi connectivity index (χ0n) is 18.4. The second kappa shape index (κ2) is 11.1. The van der Waals surface area contributed by atoms with Crippen LogP contribution in [0.15, 0.2) is 53.4 Å². The van der Waals surface area contributed by atoms with Gasteiger partial charge in [0.15, 0.2) is 0 Å². The van der Waals surface area contributed by atoms with Gasteiger partial charge < -0.3 is 10.2 Å². The highest BCUT2D eigenvalue weighted by Gasteiger charge is 2.30. The van der Waals surface area contributed by atoms with Crippen LogP contribution in [0.3, 0.4) is 0 Å². The first-order valence-corrected chi connectivity index (χ1v) is 12.2. The predicted octanol–water partition coefficient (Wildman–Crippen LogP) is 3.56. The molecular formula is C22H27Cl2N3O4S. The fourth-order valence-corrected chi connectivity index (χ4v) is 4.30. The molecule has 2 aromatic carbocycles. The molecule has 0 radical (unpaired) electrons. The van der Waals surface area contributed by atoms with Gasteiger partial charge in [0.05, 0.1) is 11.4 Å². The van der Waals surface area contributed by atoms with Gasteiger partial charge in [-0.05, 0) is 62.7 Å². The largest absolute Gasteiger partial charge is 0.352 e. The Labute approximate surface area is 199 Å². The highest BCUT2D eigenvalue weighted by Crippen LogP contribution is 2.19. The van der Waals surface area contributed by atoms with Gasteiger partial charge in [-0.3, -0.25) is 9.59 Å².